The van der Waals surface area contributed by atoms with Crippen LogP contribution in [0, 0.1) is 0 Å². The SMILES string of the molecule is CC1(C)c2ccccc2-c2cccc(-c3cc(-c4ccc(N(c5ccc(-c6cccc7ccccc67)cc5)c5cccc6ccccc56)cc4)ccc3-c3ccccc3)c21. The van der Waals surface area contributed by atoms with Crippen molar-refractivity contribution in [3.63, 3.8) is 0 Å². The lowest BCUT2D eigenvalue weighted by atomic mass is 9.77. The Hall–Kier alpha value is -7.48. The number of hydrogen-bond donors (Lipinski definition) is 0. The Morgan fingerprint density at radius 3 is 1.57 bits per heavy atom. The standard InChI is InChI=1S/C59H43N/c1-59(2)56-27-11-10-23-52(56)53-25-14-26-54(58(53)59)55-39-45(33-38-50(55)41-15-4-3-5-16-41)40-29-34-46(35-30-40)60(57-28-13-20-43-18-7-9-22-51(43)57)47-36-31-44(32-37-47)49-24-12-19-42-17-6-8-21-48(42)49/h3-39H,1-2H3. The van der Waals surface area contributed by atoms with E-state index in [0.717, 1.165) is 17.1 Å². The van der Waals surface area contributed by atoms with Gasteiger partial charge in [0.2, 0.25) is 0 Å². The van der Waals surface area contributed by atoms with Gasteiger partial charge in [-0.15, -0.1) is 0 Å². The van der Waals surface area contributed by atoms with Gasteiger partial charge < -0.3 is 4.90 Å². The van der Waals surface area contributed by atoms with E-state index in [9.17, 15) is 0 Å². The zero-order chi connectivity index (χ0) is 40.2. The molecule has 0 radical (unpaired) electrons. The molecule has 0 atom stereocenters. The van der Waals surface area contributed by atoms with Gasteiger partial charge in [0.25, 0.3) is 0 Å². The molecule has 0 N–H and O–H groups in total. The summed E-state index contributed by atoms with van der Waals surface area (Å²) >= 11 is 0. The van der Waals surface area contributed by atoms with Gasteiger partial charge in [0, 0.05) is 22.2 Å². The molecule has 0 aliphatic heterocycles. The highest BCUT2D eigenvalue weighted by Gasteiger charge is 2.37. The van der Waals surface area contributed by atoms with E-state index in [1.165, 1.54) is 88.3 Å². The molecule has 0 saturated carbocycles. The van der Waals surface area contributed by atoms with Gasteiger partial charge in [0.05, 0.1) is 5.69 Å². The van der Waals surface area contributed by atoms with E-state index in [2.05, 4.69) is 243 Å². The highest BCUT2D eigenvalue weighted by Crippen LogP contribution is 2.53. The smallest absolute Gasteiger partial charge is 0.0540 e. The number of hydrogen-bond acceptors (Lipinski definition) is 1. The fourth-order valence-corrected chi connectivity index (χ4v) is 9.79. The van der Waals surface area contributed by atoms with Crippen LogP contribution in [-0.2, 0) is 5.41 Å². The van der Waals surface area contributed by atoms with Gasteiger partial charge in [0.1, 0.15) is 0 Å². The molecule has 0 unspecified atom stereocenters. The normalized spacial score (nSPS) is 12.6. The van der Waals surface area contributed by atoms with Crippen LogP contribution < -0.4 is 4.90 Å². The predicted octanol–water partition coefficient (Wildman–Crippen LogP) is 16.4. The first-order chi connectivity index (χ1) is 29.5. The van der Waals surface area contributed by atoms with Crippen LogP contribution >= 0.6 is 0 Å². The number of nitrogens with zero attached hydrogens (tertiary/aromatic N) is 1. The Bertz CT molecular complexity index is 3200. The average molecular weight is 766 g/mol. The summed E-state index contributed by atoms with van der Waals surface area (Å²) in [6.45, 7) is 4.76. The fourth-order valence-electron chi connectivity index (χ4n) is 9.79. The lowest BCUT2D eigenvalue weighted by Crippen LogP contribution is -2.16. The van der Waals surface area contributed by atoms with Gasteiger partial charge in [-0.2, -0.15) is 0 Å². The molecule has 1 heteroatoms. The summed E-state index contributed by atoms with van der Waals surface area (Å²) in [7, 11) is 0. The molecule has 1 aliphatic rings. The quantitative estimate of drug-likeness (QED) is 0.156. The van der Waals surface area contributed by atoms with E-state index < -0.39 is 0 Å². The van der Waals surface area contributed by atoms with Crippen molar-refractivity contribution >= 4 is 38.6 Å². The topological polar surface area (TPSA) is 3.24 Å². The third-order valence-electron chi connectivity index (χ3n) is 12.7. The van der Waals surface area contributed by atoms with Crippen molar-refractivity contribution in [3.8, 4) is 55.6 Å². The van der Waals surface area contributed by atoms with E-state index in [0.29, 0.717) is 0 Å². The minimum absolute atomic E-state index is 0.133. The van der Waals surface area contributed by atoms with Crippen molar-refractivity contribution in [3.05, 3.63) is 236 Å². The molecule has 0 saturated heterocycles. The van der Waals surface area contributed by atoms with Gasteiger partial charge in [-0.3, -0.25) is 0 Å². The number of anilines is 3. The number of rotatable bonds is 7. The molecule has 284 valence electrons. The summed E-state index contributed by atoms with van der Waals surface area (Å²) in [4.78, 5) is 2.40. The molecule has 1 nitrogen and oxygen atoms in total. The molecule has 0 heterocycles. The first-order valence-electron chi connectivity index (χ1n) is 20.9. The Kier molecular flexibility index (Phi) is 8.57. The molecule has 60 heavy (non-hydrogen) atoms. The maximum atomic E-state index is 2.42. The van der Waals surface area contributed by atoms with E-state index in [-0.39, 0.29) is 5.41 Å². The zero-order valence-electron chi connectivity index (χ0n) is 33.8. The number of fused-ring (bicyclic) bond motifs is 5. The molecular formula is C59H43N. The molecule has 0 aromatic heterocycles. The molecule has 10 aromatic carbocycles. The van der Waals surface area contributed by atoms with Crippen LogP contribution in [-0.4, -0.2) is 0 Å². The summed E-state index contributed by atoms with van der Waals surface area (Å²) in [5, 5.41) is 4.94. The summed E-state index contributed by atoms with van der Waals surface area (Å²) < 4.78 is 0. The molecule has 10 aromatic rings. The molecular weight excluding hydrogens is 723 g/mol. The molecule has 0 bridgehead atoms. The van der Waals surface area contributed by atoms with Crippen molar-refractivity contribution in [1.82, 2.24) is 0 Å². The maximum absolute atomic E-state index is 2.42. The van der Waals surface area contributed by atoms with Gasteiger partial charge in [0.15, 0.2) is 0 Å². The van der Waals surface area contributed by atoms with Crippen molar-refractivity contribution in [2.75, 3.05) is 4.90 Å². The minimum Gasteiger partial charge on any atom is -0.310 e. The maximum Gasteiger partial charge on any atom is 0.0540 e. The lowest BCUT2D eigenvalue weighted by Gasteiger charge is -2.27. The van der Waals surface area contributed by atoms with Crippen LogP contribution in [0.25, 0.3) is 77.2 Å². The van der Waals surface area contributed by atoms with Crippen LogP contribution in [0.3, 0.4) is 0 Å². The average Bonchev–Trinajstić information content (AvgIpc) is 3.55. The van der Waals surface area contributed by atoms with E-state index in [4.69, 9.17) is 0 Å². The second-order valence-electron chi connectivity index (χ2n) is 16.5. The molecule has 0 spiro atoms. The van der Waals surface area contributed by atoms with Crippen LogP contribution in [0.2, 0.25) is 0 Å². The van der Waals surface area contributed by atoms with Crippen molar-refractivity contribution in [1.29, 1.82) is 0 Å². The summed E-state index contributed by atoms with van der Waals surface area (Å²) in [6.07, 6.45) is 0. The van der Waals surface area contributed by atoms with Crippen LogP contribution in [0.5, 0.6) is 0 Å². The van der Waals surface area contributed by atoms with Crippen molar-refractivity contribution < 1.29 is 0 Å². The summed E-state index contributed by atoms with van der Waals surface area (Å²) in [5.41, 5.74) is 18.5. The molecule has 0 fully saturated rings. The van der Waals surface area contributed by atoms with Gasteiger partial charge in [-0.05, 0) is 119 Å². The van der Waals surface area contributed by atoms with Crippen molar-refractivity contribution in [2.45, 2.75) is 19.3 Å². The fraction of sp³-hybridized carbons (Fsp3) is 0.0508. The summed E-state index contributed by atoms with van der Waals surface area (Å²) in [6, 6.07) is 82.3. The molecule has 0 amide bonds. The van der Waals surface area contributed by atoms with Crippen molar-refractivity contribution in [2.24, 2.45) is 0 Å². The second-order valence-corrected chi connectivity index (χ2v) is 16.5. The first kappa shape index (κ1) is 35.7. The van der Waals surface area contributed by atoms with Crippen LogP contribution in [0.15, 0.2) is 224 Å². The monoisotopic (exact) mass is 765 g/mol. The molecule has 1 aliphatic carbocycles. The Morgan fingerprint density at radius 2 is 0.817 bits per heavy atom. The van der Waals surface area contributed by atoms with E-state index in [1.807, 2.05) is 0 Å². The Balaban J connectivity index is 1.03. The second kappa shape index (κ2) is 14.4. The highest BCUT2D eigenvalue weighted by molar-refractivity contribution is 6.01. The zero-order valence-corrected chi connectivity index (χ0v) is 33.8. The van der Waals surface area contributed by atoms with Gasteiger partial charge in [-0.25, -0.2) is 0 Å². The van der Waals surface area contributed by atoms with E-state index in [1.54, 1.807) is 0 Å². The summed E-state index contributed by atoms with van der Waals surface area (Å²) in [5.74, 6) is 0. The third-order valence-corrected chi connectivity index (χ3v) is 12.7. The predicted molar refractivity (Wildman–Crippen MR) is 255 cm³/mol. The Labute approximate surface area is 352 Å². The first-order valence-corrected chi connectivity index (χ1v) is 20.9. The highest BCUT2D eigenvalue weighted by atomic mass is 15.1. The minimum atomic E-state index is -0.133. The largest absolute Gasteiger partial charge is 0.310 e. The third kappa shape index (κ3) is 5.93. The number of benzene rings is 10. The lowest BCUT2D eigenvalue weighted by molar-refractivity contribution is 0.662. The van der Waals surface area contributed by atoms with Crippen LogP contribution in [0.4, 0.5) is 17.1 Å². The Morgan fingerprint density at radius 1 is 0.317 bits per heavy atom. The van der Waals surface area contributed by atoms with E-state index >= 15 is 0 Å². The van der Waals surface area contributed by atoms with Gasteiger partial charge >= 0.3 is 0 Å². The van der Waals surface area contributed by atoms with Gasteiger partial charge in [-0.1, -0.05) is 202 Å². The van der Waals surface area contributed by atoms with Crippen LogP contribution in [0.1, 0.15) is 25.0 Å². The molecule has 11 rings (SSSR count).